The lowest BCUT2D eigenvalue weighted by molar-refractivity contribution is -0.140. The van der Waals surface area contributed by atoms with Crippen LogP contribution in [0.2, 0.25) is 0 Å². The number of ether oxygens (including phenoxy) is 3. The maximum absolute atomic E-state index is 15.3. The van der Waals surface area contributed by atoms with Crippen molar-refractivity contribution < 1.29 is 45.8 Å². The monoisotopic (exact) mass is 644 g/mol. The van der Waals surface area contributed by atoms with E-state index in [2.05, 4.69) is 20.9 Å². The second-order valence-corrected chi connectivity index (χ2v) is 10.5. The Hall–Kier alpha value is -4.98. The van der Waals surface area contributed by atoms with E-state index in [4.69, 9.17) is 14.2 Å². The highest BCUT2D eigenvalue weighted by Crippen LogP contribution is 2.45. The molecule has 2 amide bonds. The first kappa shape index (κ1) is 32.4. The van der Waals surface area contributed by atoms with Gasteiger partial charge in [-0.2, -0.15) is 13.2 Å². The normalized spacial score (nSPS) is 13.7. The number of benzene rings is 3. The van der Waals surface area contributed by atoms with Gasteiger partial charge in [-0.05, 0) is 73.8 Å². The van der Waals surface area contributed by atoms with Gasteiger partial charge in [0.1, 0.15) is 5.82 Å². The fourth-order valence-corrected chi connectivity index (χ4v) is 4.93. The topological polar surface area (TPSA) is 111 Å². The molecule has 3 aromatic carbocycles. The zero-order valence-electron chi connectivity index (χ0n) is 24.5. The van der Waals surface area contributed by atoms with Crippen LogP contribution in [0.4, 0.5) is 27.6 Å². The van der Waals surface area contributed by atoms with Gasteiger partial charge in [0.15, 0.2) is 23.1 Å². The largest absolute Gasteiger partial charge is 0.490 e. The average Bonchev–Trinajstić information content (AvgIpc) is 3.03. The summed E-state index contributed by atoms with van der Waals surface area (Å²) in [7, 11) is 1.44. The second kappa shape index (κ2) is 14.0. The number of nitrogens with zero attached hydrogens (tertiary/aromatic N) is 1. The molecule has 1 saturated heterocycles. The van der Waals surface area contributed by atoms with Gasteiger partial charge in [0.25, 0.3) is 0 Å². The zero-order valence-corrected chi connectivity index (χ0v) is 24.5. The number of carbonyl (C=O) groups is 2. The quantitative estimate of drug-likeness (QED) is 0.152. The number of anilines is 1. The van der Waals surface area contributed by atoms with E-state index in [1.807, 2.05) is 0 Å². The van der Waals surface area contributed by atoms with Gasteiger partial charge in [0.05, 0.1) is 24.8 Å². The second-order valence-electron chi connectivity index (χ2n) is 10.5. The third kappa shape index (κ3) is 7.62. The van der Waals surface area contributed by atoms with Gasteiger partial charge in [0.2, 0.25) is 5.75 Å². The molecule has 1 aromatic heterocycles. The molecule has 0 saturated carbocycles. The highest BCUT2D eigenvalue weighted by Gasteiger charge is 2.34. The first-order chi connectivity index (χ1) is 22.0. The van der Waals surface area contributed by atoms with Crippen molar-refractivity contribution in [1.82, 2.24) is 15.6 Å². The molecule has 3 N–H and O–H groups in total. The summed E-state index contributed by atoms with van der Waals surface area (Å²) in [4.78, 5) is 29.0. The van der Waals surface area contributed by atoms with Crippen molar-refractivity contribution in [3.05, 3.63) is 83.6 Å². The third-order valence-electron chi connectivity index (χ3n) is 7.32. The molecule has 0 bridgehead atoms. The number of nitrogens with one attached hydrogen (secondary N) is 3. The van der Waals surface area contributed by atoms with E-state index in [0.717, 1.165) is 38.1 Å². The van der Waals surface area contributed by atoms with Crippen molar-refractivity contribution in [2.24, 2.45) is 5.92 Å². The van der Waals surface area contributed by atoms with E-state index in [-0.39, 0.29) is 28.5 Å². The van der Waals surface area contributed by atoms with Gasteiger partial charge in [-0.25, -0.2) is 8.78 Å². The smallest absolute Gasteiger partial charge is 0.419 e. The van der Waals surface area contributed by atoms with Gasteiger partial charge in [0, 0.05) is 35.9 Å². The summed E-state index contributed by atoms with van der Waals surface area (Å²) < 4.78 is 85.1. The van der Waals surface area contributed by atoms with Crippen LogP contribution in [0.5, 0.6) is 23.0 Å². The molecule has 1 aliphatic rings. The fourth-order valence-electron chi connectivity index (χ4n) is 4.93. The first-order valence-electron chi connectivity index (χ1n) is 14.2. The maximum atomic E-state index is 15.3. The molecule has 0 radical (unpaired) electrons. The van der Waals surface area contributed by atoms with E-state index in [9.17, 15) is 27.2 Å². The number of hydrogen-bond acceptors (Lipinski definition) is 7. The van der Waals surface area contributed by atoms with E-state index in [0.29, 0.717) is 41.3 Å². The molecule has 14 heteroatoms. The molecule has 4 aromatic rings. The summed E-state index contributed by atoms with van der Waals surface area (Å²) in [6, 6.07) is 10.8. The lowest BCUT2D eigenvalue weighted by atomic mass is 9.99. The van der Waals surface area contributed by atoms with Crippen molar-refractivity contribution >= 4 is 28.4 Å². The fraction of sp³-hybridized carbons (Fsp3) is 0.281. The number of fused-ring (bicyclic) bond motifs is 1. The van der Waals surface area contributed by atoms with Crippen LogP contribution >= 0.6 is 0 Å². The Morgan fingerprint density at radius 3 is 2.43 bits per heavy atom. The summed E-state index contributed by atoms with van der Waals surface area (Å²) in [5, 5.41) is 8.26. The number of alkyl halides is 3. The Labute approximate surface area is 260 Å². The van der Waals surface area contributed by atoms with Crippen molar-refractivity contribution in [3.63, 3.8) is 0 Å². The summed E-state index contributed by atoms with van der Waals surface area (Å²) in [6.07, 6.45) is -1.34. The molecule has 9 nitrogen and oxygen atoms in total. The number of halogens is 5. The Bertz CT molecular complexity index is 1740. The van der Waals surface area contributed by atoms with Crippen LogP contribution in [0.3, 0.4) is 0 Å². The van der Waals surface area contributed by atoms with Crippen molar-refractivity contribution in [2.45, 2.75) is 25.6 Å². The lowest BCUT2D eigenvalue weighted by Gasteiger charge is -2.24. The molecule has 1 aliphatic heterocycles. The number of rotatable bonds is 9. The van der Waals surface area contributed by atoms with Crippen LogP contribution in [0, 0.1) is 17.6 Å². The molecule has 242 valence electrons. The Morgan fingerprint density at radius 2 is 1.74 bits per heavy atom. The van der Waals surface area contributed by atoms with Gasteiger partial charge >= 0.3 is 18.0 Å². The molecule has 2 heterocycles. The molecule has 0 atom stereocenters. The van der Waals surface area contributed by atoms with Crippen LogP contribution < -0.4 is 30.2 Å². The zero-order chi connectivity index (χ0) is 32.8. The number of aromatic nitrogens is 1. The standard InChI is InChI=1S/C32H29F5N4O5/c1-44-29-27(45-17-18-8-11-38-12-9-18)15-25-21(3-2-10-39-25)28(29)46-26-7-5-20(14-24(26)34)41-31(43)30(42)40-16-19-4-6-22(23(33)13-19)32(35,36)37/h2-7,10,13-15,18,38H,8-9,11-12,16-17H2,1H3,(H,40,42)(H,41,43). The minimum absolute atomic E-state index is 0.00176. The minimum Gasteiger partial charge on any atom is -0.490 e. The number of methoxy groups -OCH3 is 1. The summed E-state index contributed by atoms with van der Waals surface area (Å²) in [5.74, 6) is -3.81. The molecular weight excluding hydrogens is 615 g/mol. The van der Waals surface area contributed by atoms with E-state index < -0.39 is 41.7 Å². The van der Waals surface area contributed by atoms with Gasteiger partial charge in [-0.15, -0.1) is 0 Å². The Balaban J connectivity index is 1.27. The minimum atomic E-state index is -4.87. The first-order valence-corrected chi connectivity index (χ1v) is 14.2. The van der Waals surface area contributed by atoms with Crippen molar-refractivity contribution in [3.8, 4) is 23.0 Å². The number of carbonyl (C=O) groups excluding carboxylic acids is 2. The van der Waals surface area contributed by atoms with E-state index in [1.54, 1.807) is 24.4 Å². The number of amides is 2. The Morgan fingerprint density at radius 1 is 0.957 bits per heavy atom. The van der Waals surface area contributed by atoms with Gasteiger partial charge < -0.3 is 30.2 Å². The van der Waals surface area contributed by atoms with E-state index >= 15 is 4.39 Å². The predicted molar refractivity (Wildman–Crippen MR) is 158 cm³/mol. The third-order valence-corrected chi connectivity index (χ3v) is 7.32. The molecular formula is C32H29F5N4O5. The molecule has 0 unspecified atom stereocenters. The maximum Gasteiger partial charge on any atom is 0.419 e. The summed E-state index contributed by atoms with van der Waals surface area (Å²) >= 11 is 0. The predicted octanol–water partition coefficient (Wildman–Crippen LogP) is 5.97. The average molecular weight is 645 g/mol. The molecule has 0 aliphatic carbocycles. The van der Waals surface area contributed by atoms with Crippen LogP contribution in [-0.2, 0) is 22.3 Å². The summed E-state index contributed by atoms with van der Waals surface area (Å²) in [6.45, 7) is 1.84. The molecule has 5 rings (SSSR count). The number of piperidine rings is 1. The number of hydrogen-bond donors (Lipinski definition) is 3. The van der Waals surface area contributed by atoms with Crippen LogP contribution in [-0.4, -0.2) is 43.6 Å². The highest BCUT2D eigenvalue weighted by molar-refractivity contribution is 6.39. The van der Waals surface area contributed by atoms with Crippen molar-refractivity contribution in [1.29, 1.82) is 0 Å². The molecule has 0 spiro atoms. The van der Waals surface area contributed by atoms with Crippen LogP contribution in [0.25, 0.3) is 10.9 Å². The van der Waals surface area contributed by atoms with Crippen LogP contribution in [0.1, 0.15) is 24.0 Å². The van der Waals surface area contributed by atoms with Gasteiger partial charge in [-0.1, -0.05) is 6.07 Å². The molecule has 46 heavy (non-hydrogen) atoms. The number of pyridine rings is 1. The SMILES string of the molecule is COc1c(OCC2CCNCC2)cc2ncccc2c1Oc1ccc(NC(=O)C(=O)NCc2ccc(C(F)(F)F)c(F)c2)cc1F. The molecule has 1 fully saturated rings. The van der Waals surface area contributed by atoms with Crippen LogP contribution in [0.15, 0.2) is 60.8 Å². The Kier molecular flexibility index (Phi) is 9.85. The summed E-state index contributed by atoms with van der Waals surface area (Å²) in [5.41, 5.74) is -0.999. The lowest BCUT2D eigenvalue weighted by Crippen LogP contribution is -2.35. The highest BCUT2D eigenvalue weighted by atomic mass is 19.4. The van der Waals surface area contributed by atoms with E-state index in [1.165, 1.54) is 19.2 Å². The van der Waals surface area contributed by atoms with Gasteiger partial charge in [-0.3, -0.25) is 14.6 Å². The van der Waals surface area contributed by atoms with Crippen molar-refractivity contribution in [2.75, 3.05) is 32.1 Å².